The summed E-state index contributed by atoms with van der Waals surface area (Å²) in [6, 6.07) is 14.7. The van der Waals surface area contributed by atoms with Crippen LogP contribution in [0.4, 0.5) is 0 Å². The summed E-state index contributed by atoms with van der Waals surface area (Å²) in [5.41, 5.74) is 18.3. The number of aryl methyl sites for hydroxylation is 2. The van der Waals surface area contributed by atoms with Crippen LogP contribution in [0.15, 0.2) is 36.4 Å². The number of rotatable bonds is 6. The number of hydrogen-bond acceptors (Lipinski definition) is 0. The molecule has 0 radical (unpaired) electrons. The van der Waals surface area contributed by atoms with E-state index in [1.807, 2.05) is 13.8 Å². The second kappa shape index (κ2) is 17.5. The lowest BCUT2D eigenvalue weighted by atomic mass is 9.72. The Morgan fingerprint density at radius 2 is 0.860 bits per heavy atom. The van der Waals surface area contributed by atoms with Gasteiger partial charge in [-0.2, -0.15) is 0 Å². The van der Waals surface area contributed by atoms with E-state index in [1.54, 1.807) is 0 Å². The lowest BCUT2D eigenvalue weighted by molar-refractivity contribution is 0.562. The SMILES string of the molecule is CC.CCCCCc1cc(C)c(C)c(C(C)(C)C)c1.CCc1c(-c2cc(C(C)(C)C)cc(C(C)(C)C)c2C)cc(C(C)(C)C)cc1C(C)(C)C. The molecule has 3 aromatic rings. The van der Waals surface area contributed by atoms with E-state index in [0.717, 1.165) is 6.42 Å². The molecule has 0 aromatic heterocycles. The minimum atomic E-state index is 0.112. The molecule has 0 spiro atoms. The summed E-state index contributed by atoms with van der Waals surface area (Å²) in [4.78, 5) is 0. The number of hydrogen-bond donors (Lipinski definition) is 0. The van der Waals surface area contributed by atoms with Gasteiger partial charge in [-0.05, 0) is 134 Å². The van der Waals surface area contributed by atoms with Crippen LogP contribution < -0.4 is 0 Å². The van der Waals surface area contributed by atoms with Gasteiger partial charge in [0.25, 0.3) is 0 Å². The maximum Gasteiger partial charge on any atom is -0.0129 e. The highest BCUT2D eigenvalue weighted by Crippen LogP contribution is 2.43. The van der Waals surface area contributed by atoms with Gasteiger partial charge in [0.15, 0.2) is 0 Å². The van der Waals surface area contributed by atoms with Crippen molar-refractivity contribution < 1.29 is 0 Å². The van der Waals surface area contributed by atoms with Gasteiger partial charge in [-0.3, -0.25) is 0 Å². The topological polar surface area (TPSA) is 0 Å². The highest BCUT2D eigenvalue weighted by Gasteiger charge is 2.28. The highest BCUT2D eigenvalue weighted by molar-refractivity contribution is 5.76. The van der Waals surface area contributed by atoms with E-state index in [1.165, 1.54) is 92.4 Å². The van der Waals surface area contributed by atoms with Gasteiger partial charge in [-0.25, -0.2) is 0 Å². The molecule has 0 heterocycles. The zero-order valence-electron chi connectivity index (χ0n) is 37.5. The van der Waals surface area contributed by atoms with Crippen molar-refractivity contribution in [3.05, 3.63) is 92.0 Å². The first kappa shape index (κ1) is 45.7. The van der Waals surface area contributed by atoms with Crippen molar-refractivity contribution in [1.82, 2.24) is 0 Å². The molecular formula is C50H82. The quantitative estimate of drug-likeness (QED) is 0.227. The molecule has 282 valence electrons. The molecule has 0 aliphatic carbocycles. The normalized spacial score (nSPS) is 12.6. The fourth-order valence-electron chi connectivity index (χ4n) is 7.04. The lowest BCUT2D eigenvalue weighted by Crippen LogP contribution is -2.21. The average molecular weight is 683 g/mol. The maximum atomic E-state index is 2.50. The van der Waals surface area contributed by atoms with Gasteiger partial charge in [0.05, 0.1) is 0 Å². The standard InChI is InChI=1S/C31H48.C17H28.C2H6/c1-15-23-25(17-22(29(6,7)8)19-27(23)31(12,13)14)24-16-21(28(3,4)5)18-26(20(24)2)30(9,10)11;1-7-8-9-10-15-11-13(2)14(3)16(12-15)17(4,5)6;1-2/h16-19H,15H2,1-14H3;11-12H,7-10H2,1-6H3;1-2H3. The van der Waals surface area contributed by atoms with Crippen molar-refractivity contribution in [2.45, 2.75) is 212 Å². The Hall–Kier alpha value is -2.34. The lowest BCUT2D eigenvalue weighted by Gasteiger charge is -2.32. The molecule has 0 aliphatic rings. The summed E-state index contributed by atoms with van der Waals surface area (Å²) in [6.07, 6.45) is 6.26. The van der Waals surface area contributed by atoms with Crippen molar-refractivity contribution >= 4 is 0 Å². The molecule has 0 N–H and O–H groups in total. The van der Waals surface area contributed by atoms with Gasteiger partial charge in [0, 0.05) is 0 Å². The predicted molar refractivity (Wildman–Crippen MR) is 230 cm³/mol. The molecule has 0 bridgehead atoms. The third-order valence-electron chi connectivity index (χ3n) is 10.3. The minimum absolute atomic E-state index is 0.112. The van der Waals surface area contributed by atoms with E-state index in [4.69, 9.17) is 0 Å². The maximum absolute atomic E-state index is 2.50. The fraction of sp³-hybridized carbons (Fsp3) is 0.640. The zero-order valence-corrected chi connectivity index (χ0v) is 37.5. The van der Waals surface area contributed by atoms with Gasteiger partial charge in [0.1, 0.15) is 0 Å². The van der Waals surface area contributed by atoms with Crippen molar-refractivity contribution in [2.24, 2.45) is 0 Å². The van der Waals surface area contributed by atoms with Crippen LogP contribution in [0.3, 0.4) is 0 Å². The van der Waals surface area contributed by atoms with E-state index < -0.39 is 0 Å². The Morgan fingerprint density at radius 3 is 1.26 bits per heavy atom. The summed E-state index contributed by atoms with van der Waals surface area (Å²) in [6.45, 7) is 50.5. The minimum Gasteiger partial charge on any atom is -0.0683 e. The highest BCUT2D eigenvalue weighted by atomic mass is 14.3. The number of unbranched alkanes of at least 4 members (excludes halogenated alkanes) is 2. The first-order valence-corrected chi connectivity index (χ1v) is 20.1. The summed E-state index contributed by atoms with van der Waals surface area (Å²) in [7, 11) is 0. The molecule has 0 saturated heterocycles. The fourth-order valence-corrected chi connectivity index (χ4v) is 7.04. The second-order valence-corrected chi connectivity index (χ2v) is 19.9. The van der Waals surface area contributed by atoms with Crippen LogP contribution in [0.2, 0.25) is 0 Å². The largest absolute Gasteiger partial charge is 0.0683 e. The molecule has 0 amide bonds. The van der Waals surface area contributed by atoms with Crippen molar-refractivity contribution in [3.8, 4) is 11.1 Å². The van der Waals surface area contributed by atoms with Gasteiger partial charge < -0.3 is 0 Å². The molecule has 0 atom stereocenters. The molecule has 3 rings (SSSR count). The Balaban J connectivity index is 0.000000555. The summed E-state index contributed by atoms with van der Waals surface area (Å²) in [5.74, 6) is 0. The monoisotopic (exact) mass is 683 g/mol. The summed E-state index contributed by atoms with van der Waals surface area (Å²) < 4.78 is 0. The van der Waals surface area contributed by atoms with Crippen molar-refractivity contribution in [1.29, 1.82) is 0 Å². The first-order valence-electron chi connectivity index (χ1n) is 20.1. The van der Waals surface area contributed by atoms with Crippen LogP contribution in [-0.2, 0) is 39.9 Å². The first-order chi connectivity index (χ1) is 22.6. The van der Waals surface area contributed by atoms with Crippen molar-refractivity contribution in [2.75, 3.05) is 0 Å². The summed E-state index contributed by atoms with van der Waals surface area (Å²) in [5, 5.41) is 0. The van der Waals surface area contributed by atoms with Crippen LogP contribution in [0, 0.1) is 20.8 Å². The Labute approximate surface area is 313 Å². The van der Waals surface area contributed by atoms with E-state index in [9.17, 15) is 0 Å². The van der Waals surface area contributed by atoms with E-state index in [-0.39, 0.29) is 27.1 Å². The molecule has 0 unspecified atom stereocenters. The Kier molecular flexibility index (Phi) is 15.9. The molecule has 0 heteroatoms. The summed E-state index contributed by atoms with van der Waals surface area (Å²) >= 11 is 0. The van der Waals surface area contributed by atoms with Crippen LogP contribution in [0.25, 0.3) is 11.1 Å². The van der Waals surface area contributed by atoms with E-state index in [2.05, 4.69) is 175 Å². The van der Waals surface area contributed by atoms with Crippen LogP contribution in [0.1, 0.15) is 206 Å². The molecule has 0 nitrogen and oxygen atoms in total. The Bertz CT molecular complexity index is 1520. The van der Waals surface area contributed by atoms with E-state index >= 15 is 0 Å². The molecule has 0 saturated carbocycles. The molecule has 3 aromatic carbocycles. The van der Waals surface area contributed by atoms with Gasteiger partial charge in [0.2, 0.25) is 0 Å². The zero-order chi connectivity index (χ0) is 39.2. The third kappa shape index (κ3) is 12.1. The third-order valence-corrected chi connectivity index (χ3v) is 10.3. The molecule has 50 heavy (non-hydrogen) atoms. The molecule has 0 aliphatic heterocycles. The smallest absolute Gasteiger partial charge is 0.0129 e. The van der Waals surface area contributed by atoms with Gasteiger partial charge in [-0.1, -0.05) is 181 Å². The van der Waals surface area contributed by atoms with Crippen LogP contribution in [0.5, 0.6) is 0 Å². The predicted octanol–water partition coefficient (Wildman–Crippen LogP) is 15.8. The second-order valence-electron chi connectivity index (χ2n) is 19.9. The number of benzene rings is 3. The van der Waals surface area contributed by atoms with E-state index in [0.29, 0.717) is 0 Å². The van der Waals surface area contributed by atoms with Crippen LogP contribution >= 0.6 is 0 Å². The molecular weight excluding hydrogens is 601 g/mol. The average Bonchev–Trinajstić information content (AvgIpc) is 2.97. The van der Waals surface area contributed by atoms with Crippen molar-refractivity contribution in [3.63, 3.8) is 0 Å². The van der Waals surface area contributed by atoms with Crippen LogP contribution in [-0.4, -0.2) is 0 Å². The Morgan fingerprint density at radius 1 is 0.440 bits per heavy atom. The van der Waals surface area contributed by atoms with Gasteiger partial charge in [-0.15, -0.1) is 0 Å². The molecule has 0 fully saturated rings. The van der Waals surface area contributed by atoms with Gasteiger partial charge >= 0.3 is 0 Å².